The Morgan fingerprint density at radius 1 is 1.20 bits per heavy atom. The van der Waals surface area contributed by atoms with Crippen molar-refractivity contribution >= 4 is 22.0 Å². The lowest BCUT2D eigenvalue weighted by molar-refractivity contribution is -0.127. The summed E-state index contributed by atoms with van der Waals surface area (Å²) in [5.41, 5.74) is 0.767. The molecule has 0 unspecified atom stereocenters. The average molecular weight is 366 g/mol. The second-order valence-electron chi connectivity index (χ2n) is 6.05. The summed E-state index contributed by atoms with van der Waals surface area (Å²) in [5, 5.41) is 9.47. The van der Waals surface area contributed by atoms with Crippen molar-refractivity contribution in [3.05, 3.63) is 35.9 Å². The maximum atomic E-state index is 12.4. The van der Waals surface area contributed by atoms with E-state index in [1.54, 1.807) is 35.2 Å². The van der Waals surface area contributed by atoms with Gasteiger partial charge in [0.2, 0.25) is 15.9 Å². The van der Waals surface area contributed by atoms with Gasteiger partial charge in [-0.1, -0.05) is 26.0 Å². The Balaban J connectivity index is 2.04. The fourth-order valence-electron chi connectivity index (χ4n) is 2.82. The maximum Gasteiger partial charge on any atom is 0.246 e. The van der Waals surface area contributed by atoms with E-state index >= 15 is 0 Å². The van der Waals surface area contributed by atoms with Gasteiger partial charge in [-0.05, 0) is 36.6 Å². The summed E-state index contributed by atoms with van der Waals surface area (Å²) >= 11 is 0. The Bertz CT molecular complexity index is 701. The van der Waals surface area contributed by atoms with Crippen LogP contribution in [0.1, 0.15) is 32.3 Å². The molecule has 0 aromatic heterocycles. The van der Waals surface area contributed by atoms with E-state index in [0.717, 1.165) is 5.56 Å². The monoisotopic (exact) mass is 366 g/mol. The Hall–Kier alpha value is -1.70. The van der Waals surface area contributed by atoms with Gasteiger partial charge in [-0.25, -0.2) is 8.42 Å². The average Bonchev–Trinajstić information content (AvgIpc) is 2.61. The number of carbonyl (C=O) groups excluding carboxylic acids is 1. The van der Waals surface area contributed by atoms with Crippen molar-refractivity contribution in [2.24, 2.45) is 0 Å². The molecule has 0 bridgehead atoms. The van der Waals surface area contributed by atoms with Gasteiger partial charge in [0.25, 0.3) is 0 Å². The second-order valence-corrected chi connectivity index (χ2v) is 7.99. The smallest absolute Gasteiger partial charge is 0.246 e. The van der Waals surface area contributed by atoms with E-state index in [2.05, 4.69) is 0 Å². The number of aliphatic hydroxyl groups is 1. The molecule has 0 spiro atoms. The van der Waals surface area contributed by atoms with Crippen LogP contribution >= 0.6 is 0 Å². The Morgan fingerprint density at radius 3 is 2.28 bits per heavy atom. The molecule has 138 valence electrons. The lowest BCUT2D eigenvalue weighted by Crippen LogP contribution is -2.39. The van der Waals surface area contributed by atoms with Crippen LogP contribution in [0.5, 0.6) is 0 Å². The van der Waals surface area contributed by atoms with E-state index in [0.29, 0.717) is 39.0 Å². The van der Waals surface area contributed by atoms with Crippen LogP contribution in [0.4, 0.5) is 0 Å². The summed E-state index contributed by atoms with van der Waals surface area (Å²) in [6, 6.07) is 6.52. The van der Waals surface area contributed by atoms with Crippen molar-refractivity contribution in [2.75, 3.05) is 26.2 Å². The van der Waals surface area contributed by atoms with Crippen LogP contribution in [-0.2, 0) is 14.8 Å². The van der Waals surface area contributed by atoms with E-state index in [9.17, 15) is 18.3 Å². The number of piperidine rings is 1. The van der Waals surface area contributed by atoms with Gasteiger partial charge in [-0.15, -0.1) is 0 Å². The van der Waals surface area contributed by atoms with Gasteiger partial charge in [0, 0.05) is 32.3 Å². The zero-order chi connectivity index (χ0) is 18.4. The molecule has 1 aliphatic heterocycles. The van der Waals surface area contributed by atoms with Crippen LogP contribution in [-0.4, -0.2) is 60.9 Å². The Kier molecular flexibility index (Phi) is 6.75. The van der Waals surface area contributed by atoms with Crippen LogP contribution in [0.15, 0.2) is 35.2 Å². The van der Waals surface area contributed by atoms with Gasteiger partial charge < -0.3 is 10.0 Å². The molecule has 1 aliphatic rings. The fourth-order valence-corrected chi connectivity index (χ4v) is 4.28. The molecule has 1 aromatic carbocycles. The molecule has 0 radical (unpaired) electrons. The Labute approximate surface area is 149 Å². The standard InChI is InChI=1S/C18H26N2O4S/c1-3-20(4-2)25(23,24)17-8-5-15(6-9-17)7-10-18(22)19-13-11-16(21)12-14-19/h5-10,16,21H,3-4,11-14H2,1-2H3/b10-7+. The third-order valence-corrected chi connectivity index (χ3v) is 6.48. The van der Waals surface area contributed by atoms with Gasteiger partial charge in [0.1, 0.15) is 0 Å². The van der Waals surface area contributed by atoms with Crippen molar-refractivity contribution in [1.82, 2.24) is 9.21 Å². The highest BCUT2D eigenvalue weighted by Gasteiger charge is 2.21. The summed E-state index contributed by atoms with van der Waals surface area (Å²) in [6.07, 6.45) is 4.08. The molecule has 7 heteroatoms. The van der Waals surface area contributed by atoms with Crippen LogP contribution < -0.4 is 0 Å². The van der Waals surface area contributed by atoms with Crippen molar-refractivity contribution in [2.45, 2.75) is 37.7 Å². The van der Waals surface area contributed by atoms with Crippen LogP contribution in [0.3, 0.4) is 0 Å². The third kappa shape index (κ3) is 4.90. The van der Waals surface area contributed by atoms with Gasteiger partial charge in [-0.2, -0.15) is 4.31 Å². The van der Waals surface area contributed by atoms with Gasteiger partial charge >= 0.3 is 0 Å². The quantitative estimate of drug-likeness (QED) is 0.778. The number of benzene rings is 1. The molecule has 0 saturated carbocycles. The summed E-state index contributed by atoms with van der Waals surface area (Å²) in [6.45, 7) is 5.60. The number of amides is 1. The summed E-state index contributed by atoms with van der Waals surface area (Å²) < 4.78 is 26.3. The Morgan fingerprint density at radius 2 is 1.76 bits per heavy atom. The van der Waals surface area contributed by atoms with E-state index in [4.69, 9.17) is 0 Å². The minimum absolute atomic E-state index is 0.0910. The number of hydrogen-bond acceptors (Lipinski definition) is 4. The number of hydrogen-bond donors (Lipinski definition) is 1. The number of rotatable bonds is 6. The SMILES string of the molecule is CCN(CC)S(=O)(=O)c1ccc(/C=C/C(=O)N2CCC(O)CC2)cc1. The fraction of sp³-hybridized carbons (Fsp3) is 0.500. The number of aliphatic hydroxyl groups excluding tert-OH is 1. The molecule has 25 heavy (non-hydrogen) atoms. The van der Waals surface area contributed by atoms with E-state index in [-0.39, 0.29) is 16.9 Å². The molecule has 1 aromatic rings. The first-order chi connectivity index (χ1) is 11.9. The van der Waals surface area contributed by atoms with Crippen LogP contribution in [0.2, 0.25) is 0 Å². The first kappa shape index (κ1) is 19.6. The van der Waals surface area contributed by atoms with E-state index in [1.807, 2.05) is 13.8 Å². The maximum absolute atomic E-state index is 12.4. The highest BCUT2D eigenvalue weighted by molar-refractivity contribution is 7.89. The second kappa shape index (κ2) is 8.60. The molecule has 1 N–H and O–H groups in total. The molecule has 1 heterocycles. The minimum atomic E-state index is -3.46. The predicted octanol–water partition coefficient (Wildman–Crippen LogP) is 1.71. The zero-order valence-electron chi connectivity index (χ0n) is 14.8. The highest BCUT2D eigenvalue weighted by atomic mass is 32.2. The molecule has 1 saturated heterocycles. The van der Waals surface area contributed by atoms with Crippen LogP contribution in [0, 0.1) is 0 Å². The molecule has 1 amide bonds. The van der Waals surface area contributed by atoms with Crippen molar-refractivity contribution < 1.29 is 18.3 Å². The molecular formula is C18H26N2O4S. The van der Waals surface area contributed by atoms with Crippen molar-refractivity contribution in [3.63, 3.8) is 0 Å². The zero-order valence-corrected chi connectivity index (χ0v) is 15.6. The lowest BCUT2D eigenvalue weighted by atomic mass is 10.1. The normalized spacial score (nSPS) is 16.7. The number of carbonyl (C=O) groups is 1. The van der Waals surface area contributed by atoms with Gasteiger partial charge in [0.15, 0.2) is 0 Å². The molecule has 6 nitrogen and oxygen atoms in total. The number of nitrogens with zero attached hydrogens (tertiary/aromatic N) is 2. The summed E-state index contributed by atoms with van der Waals surface area (Å²) in [4.78, 5) is 14.1. The van der Waals surface area contributed by atoms with Crippen molar-refractivity contribution in [3.8, 4) is 0 Å². The minimum Gasteiger partial charge on any atom is -0.393 e. The predicted molar refractivity (Wildman–Crippen MR) is 97.4 cm³/mol. The number of sulfonamides is 1. The number of likely N-dealkylation sites (tertiary alicyclic amines) is 1. The molecule has 0 aliphatic carbocycles. The largest absolute Gasteiger partial charge is 0.393 e. The first-order valence-electron chi connectivity index (χ1n) is 8.63. The topological polar surface area (TPSA) is 77.9 Å². The third-order valence-electron chi connectivity index (χ3n) is 4.42. The summed E-state index contributed by atoms with van der Waals surface area (Å²) in [5.74, 6) is -0.0910. The summed E-state index contributed by atoms with van der Waals surface area (Å²) in [7, 11) is -3.46. The molecule has 2 rings (SSSR count). The van der Waals surface area contributed by atoms with Gasteiger partial charge in [0.05, 0.1) is 11.0 Å². The van der Waals surface area contributed by atoms with E-state index in [1.165, 1.54) is 10.4 Å². The lowest BCUT2D eigenvalue weighted by Gasteiger charge is -2.28. The van der Waals surface area contributed by atoms with E-state index < -0.39 is 10.0 Å². The molecule has 1 fully saturated rings. The molecule has 0 atom stereocenters. The molecular weight excluding hydrogens is 340 g/mol. The van der Waals surface area contributed by atoms with Crippen LogP contribution in [0.25, 0.3) is 6.08 Å². The highest BCUT2D eigenvalue weighted by Crippen LogP contribution is 2.17. The first-order valence-corrected chi connectivity index (χ1v) is 10.1. The van der Waals surface area contributed by atoms with Crippen molar-refractivity contribution in [1.29, 1.82) is 0 Å². The van der Waals surface area contributed by atoms with Gasteiger partial charge in [-0.3, -0.25) is 4.79 Å².